The molecule has 0 bridgehead atoms. The number of anilines is 1. The number of hydrogen-bond donors (Lipinski definition) is 3. The number of nitrogens with two attached hydrogens (primary N) is 1. The van der Waals surface area contributed by atoms with Gasteiger partial charge in [-0.2, -0.15) is 5.10 Å². The molecule has 4 N–H and O–H groups in total. The van der Waals surface area contributed by atoms with Gasteiger partial charge in [0.05, 0.1) is 34.8 Å². The molecule has 156 valence electrons. The van der Waals surface area contributed by atoms with Crippen molar-refractivity contribution in [2.75, 3.05) is 18.5 Å². The summed E-state index contributed by atoms with van der Waals surface area (Å²) in [6.45, 7) is 7.68. The molecule has 0 radical (unpaired) electrons. The largest absolute Gasteiger partial charge is 0.388 e. The van der Waals surface area contributed by atoms with Gasteiger partial charge in [0.15, 0.2) is 0 Å². The minimum absolute atomic E-state index is 0.00923. The van der Waals surface area contributed by atoms with E-state index >= 15 is 0 Å². The van der Waals surface area contributed by atoms with Gasteiger partial charge in [-0.05, 0) is 56.2 Å². The Hall–Kier alpha value is -2.38. The quantitative estimate of drug-likeness (QED) is 0.719. The summed E-state index contributed by atoms with van der Waals surface area (Å²) in [6.07, 6.45) is 3.26. The first-order chi connectivity index (χ1) is 13.7. The molecule has 4 rings (SSSR count). The van der Waals surface area contributed by atoms with Crippen molar-refractivity contribution in [1.29, 1.82) is 0 Å². The molecule has 1 fully saturated rings. The number of amides is 1. The Kier molecular flexibility index (Phi) is 5.12. The highest BCUT2D eigenvalue weighted by atomic mass is 16.5. The van der Waals surface area contributed by atoms with E-state index in [2.05, 4.69) is 19.2 Å². The summed E-state index contributed by atoms with van der Waals surface area (Å²) < 4.78 is 7.58. The zero-order chi connectivity index (χ0) is 20.8. The van der Waals surface area contributed by atoms with Crippen molar-refractivity contribution in [2.24, 2.45) is 11.1 Å². The van der Waals surface area contributed by atoms with Gasteiger partial charge < -0.3 is 20.9 Å². The van der Waals surface area contributed by atoms with Crippen LogP contribution in [0.2, 0.25) is 0 Å². The predicted molar refractivity (Wildman–Crippen MR) is 111 cm³/mol. The Morgan fingerprint density at radius 3 is 2.93 bits per heavy atom. The molecule has 7 nitrogen and oxygen atoms in total. The van der Waals surface area contributed by atoms with Crippen LogP contribution >= 0.6 is 0 Å². The normalized spacial score (nSPS) is 23.0. The molecule has 0 saturated carbocycles. The zero-order valence-electron chi connectivity index (χ0n) is 17.4. The van der Waals surface area contributed by atoms with Crippen LogP contribution in [0, 0.1) is 12.3 Å². The maximum Gasteiger partial charge on any atom is 0.250 e. The van der Waals surface area contributed by atoms with Crippen molar-refractivity contribution < 1.29 is 14.6 Å². The van der Waals surface area contributed by atoms with Crippen molar-refractivity contribution in [3.8, 4) is 5.69 Å². The summed E-state index contributed by atoms with van der Waals surface area (Å²) in [7, 11) is 0. The first kappa shape index (κ1) is 19.9. The number of fused-ring (bicyclic) bond motifs is 1. The number of hydrogen-bond acceptors (Lipinski definition) is 5. The lowest BCUT2D eigenvalue weighted by Crippen LogP contribution is -2.27. The van der Waals surface area contributed by atoms with Gasteiger partial charge >= 0.3 is 0 Å². The molecular formula is C22H30N4O3. The van der Waals surface area contributed by atoms with Gasteiger partial charge in [-0.25, -0.2) is 4.68 Å². The SMILES string of the molecule is Cc1nn(-c2ccc(C(N)=O)c(NCC3CCCO3)c2)c2c1C(O)CC(C)(C)C2. The van der Waals surface area contributed by atoms with Crippen molar-refractivity contribution in [2.45, 2.75) is 58.7 Å². The third-order valence-corrected chi connectivity index (χ3v) is 5.99. The van der Waals surface area contributed by atoms with Crippen LogP contribution in [-0.2, 0) is 11.2 Å². The molecule has 2 atom stereocenters. The zero-order valence-corrected chi connectivity index (χ0v) is 17.4. The van der Waals surface area contributed by atoms with Gasteiger partial charge in [-0.3, -0.25) is 4.79 Å². The first-order valence-corrected chi connectivity index (χ1v) is 10.3. The predicted octanol–water partition coefficient (Wildman–Crippen LogP) is 2.88. The average Bonchev–Trinajstić information content (AvgIpc) is 3.26. The van der Waals surface area contributed by atoms with E-state index in [0.29, 0.717) is 17.8 Å². The van der Waals surface area contributed by atoms with Crippen molar-refractivity contribution in [1.82, 2.24) is 9.78 Å². The fourth-order valence-electron chi connectivity index (χ4n) is 4.61. The number of rotatable bonds is 5. The molecule has 1 aliphatic heterocycles. The van der Waals surface area contributed by atoms with Crippen LogP contribution in [0.4, 0.5) is 5.69 Å². The molecule has 1 amide bonds. The second-order valence-corrected chi connectivity index (χ2v) is 9.03. The number of nitrogens with one attached hydrogen (secondary N) is 1. The van der Waals surface area contributed by atoms with E-state index in [4.69, 9.17) is 15.6 Å². The van der Waals surface area contributed by atoms with Crippen LogP contribution in [0.3, 0.4) is 0 Å². The van der Waals surface area contributed by atoms with E-state index in [1.54, 1.807) is 6.07 Å². The minimum Gasteiger partial charge on any atom is -0.388 e. The standard InChI is InChI=1S/C22H30N4O3/c1-13-20-18(10-22(2,3)11-19(20)27)26(25-13)14-6-7-16(21(23)28)17(9-14)24-12-15-5-4-8-29-15/h6-7,9,15,19,24,27H,4-5,8,10-12H2,1-3H3,(H2,23,28). The molecule has 2 aliphatic rings. The number of aliphatic hydroxyl groups excluding tert-OH is 1. The molecule has 2 unspecified atom stereocenters. The number of nitrogens with zero attached hydrogens (tertiary/aromatic N) is 2. The topological polar surface area (TPSA) is 102 Å². The number of carbonyl (C=O) groups is 1. The second kappa shape index (κ2) is 7.46. The van der Waals surface area contributed by atoms with E-state index < -0.39 is 12.0 Å². The van der Waals surface area contributed by atoms with Crippen molar-refractivity contribution >= 4 is 11.6 Å². The fraction of sp³-hybridized carbons (Fsp3) is 0.545. The van der Waals surface area contributed by atoms with E-state index in [-0.39, 0.29) is 11.5 Å². The fourth-order valence-corrected chi connectivity index (χ4v) is 4.61. The summed E-state index contributed by atoms with van der Waals surface area (Å²) >= 11 is 0. The van der Waals surface area contributed by atoms with Gasteiger partial charge in [0.1, 0.15) is 0 Å². The van der Waals surface area contributed by atoms with Crippen LogP contribution < -0.4 is 11.1 Å². The number of benzene rings is 1. The Morgan fingerprint density at radius 1 is 1.45 bits per heavy atom. The number of ether oxygens (including phenoxy) is 1. The molecule has 1 saturated heterocycles. The van der Waals surface area contributed by atoms with Gasteiger partial charge in [0.2, 0.25) is 0 Å². The highest BCUT2D eigenvalue weighted by Gasteiger charge is 2.36. The smallest absolute Gasteiger partial charge is 0.250 e. The third kappa shape index (κ3) is 3.89. The Bertz CT molecular complexity index is 928. The Balaban J connectivity index is 1.71. The van der Waals surface area contributed by atoms with E-state index in [9.17, 15) is 9.90 Å². The average molecular weight is 399 g/mol. The van der Waals surface area contributed by atoms with Gasteiger partial charge in [-0.1, -0.05) is 13.8 Å². The monoisotopic (exact) mass is 398 g/mol. The van der Waals surface area contributed by atoms with Gasteiger partial charge in [0, 0.05) is 24.4 Å². The number of aliphatic hydroxyl groups is 1. The van der Waals surface area contributed by atoms with E-state index in [0.717, 1.165) is 54.9 Å². The summed E-state index contributed by atoms with van der Waals surface area (Å²) in [5, 5.41) is 18.7. The molecule has 1 aromatic heterocycles. The van der Waals surface area contributed by atoms with Crippen LogP contribution in [0.25, 0.3) is 5.69 Å². The highest BCUT2D eigenvalue weighted by Crippen LogP contribution is 2.42. The summed E-state index contributed by atoms with van der Waals surface area (Å²) in [5.41, 5.74) is 10.4. The maximum atomic E-state index is 11.9. The minimum atomic E-state index is -0.510. The lowest BCUT2D eigenvalue weighted by atomic mass is 9.75. The van der Waals surface area contributed by atoms with Crippen molar-refractivity contribution in [3.63, 3.8) is 0 Å². The highest BCUT2D eigenvalue weighted by molar-refractivity contribution is 5.98. The second-order valence-electron chi connectivity index (χ2n) is 9.03. The number of carbonyl (C=O) groups excluding carboxylic acids is 1. The summed E-state index contributed by atoms with van der Waals surface area (Å²) in [4.78, 5) is 11.9. The molecule has 1 aliphatic carbocycles. The summed E-state index contributed by atoms with van der Waals surface area (Å²) in [5.74, 6) is -0.471. The Labute approximate surface area is 171 Å². The van der Waals surface area contributed by atoms with E-state index in [1.807, 2.05) is 23.7 Å². The van der Waals surface area contributed by atoms with Crippen LogP contribution in [0.5, 0.6) is 0 Å². The number of primary amides is 1. The molecular weight excluding hydrogens is 368 g/mol. The first-order valence-electron chi connectivity index (χ1n) is 10.3. The molecule has 2 heterocycles. The lowest BCUT2D eigenvalue weighted by Gasteiger charge is -2.33. The molecule has 29 heavy (non-hydrogen) atoms. The van der Waals surface area contributed by atoms with Gasteiger partial charge in [-0.15, -0.1) is 0 Å². The number of aromatic nitrogens is 2. The van der Waals surface area contributed by atoms with Crippen LogP contribution in [0.15, 0.2) is 18.2 Å². The maximum absolute atomic E-state index is 11.9. The van der Waals surface area contributed by atoms with Crippen LogP contribution in [-0.4, -0.2) is 40.0 Å². The summed E-state index contributed by atoms with van der Waals surface area (Å²) in [6, 6.07) is 5.51. The number of aryl methyl sites for hydroxylation is 1. The van der Waals surface area contributed by atoms with Crippen LogP contribution in [0.1, 0.15) is 66.5 Å². The van der Waals surface area contributed by atoms with E-state index in [1.165, 1.54) is 0 Å². The third-order valence-electron chi connectivity index (χ3n) is 5.99. The molecule has 2 aromatic rings. The molecule has 0 spiro atoms. The lowest BCUT2D eigenvalue weighted by molar-refractivity contribution is 0.0980. The molecule has 1 aromatic carbocycles. The van der Waals surface area contributed by atoms with Crippen molar-refractivity contribution in [3.05, 3.63) is 40.7 Å². The molecule has 7 heteroatoms. The van der Waals surface area contributed by atoms with Gasteiger partial charge in [0.25, 0.3) is 5.91 Å². The Morgan fingerprint density at radius 2 is 2.24 bits per heavy atom.